The van der Waals surface area contributed by atoms with Gasteiger partial charge in [-0.2, -0.15) is 0 Å². The highest BCUT2D eigenvalue weighted by atomic mass is 32.1. The van der Waals surface area contributed by atoms with Crippen LogP contribution in [0.5, 0.6) is 0 Å². The topological polar surface area (TPSA) is 28.2 Å². The van der Waals surface area contributed by atoms with Gasteiger partial charge in [0.2, 0.25) is 0 Å². The molecule has 3 rings (SSSR count). The van der Waals surface area contributed by atoms with Crippen molar-refractivity contribution in [2.75, 3.05) is 18.5 Å². The summed E-state index contributed by atoms with van der Waals surface area (Å²) in [6.45, 7) is 2.18. The second kappa shape index (κ2) is 4.94. The van der Waals surface area contributed by atoms with E-state index in [1.165, 1.54) is 48.7 Å². The molecule has 0 unspecified atom stereocenters. The number of rotatable bonds is 6. The van der Waals surface area contributed by atoms with Gasteiger partial charge >= 0.3 is 0 Å². The van der Waals surface area contributed by atoms with Crippen molar-refractivity contribution in [1.82, 2.24) is 10.3 Å². The zero-order valence-electron chi connectivity index (χ0n) is 10.5. The third-order valence-electron chi connectivity index (χ3n) is 3.77. The minimum Gasteiger partial charge on any atom is -0.351 e. The summed E-state index contributed by atoms with van der Waals surface area (Å²) in [6, 6.07) is 0.785. The Morgan fingerprint density at radius 1 is 1.41 bits per heavy atom. The van der Waals surface area contributed by atoms with Crippen LogP contribution in [0.1, 0.15) is 37.0 Å². The number of thiazole rings is 1. The molecule has 0 aromatic carbocycles. The summed E-state index contributed by atoms with van der Waals surface area (Å²) in [4.78, 5) is 8.23. The Morgan fingerprint density at radius 2 is 2.24 bits per heavy atom. The molecule has 3 nitrogen and oxygen atoms in total. The number of hydrogen-bond donors (Lipinski definition) is 1. The van der Waals surface area contributed by atoms with E-state index in [2.05, 4.69) is 22.2 Å². The van der Waals surface area contributed by atoms with Gasteiger partial charge in [0.15, 0.2) is 5.13 Å². The molecule has 4 heteroatoms. The van der Waals surface area contributed by atoms with Gasteiger partial charge in [-0.15, -0.1) is 11.3 Å². The highest BCUT2D eigenvalue weighted by Crippen LogP contribution is 2.30. The van der Waals surface area contributed by atoms with Crippen LogP contribution in [0.15, 0.2) is 6.20 Å². The Morgan fingerprint density at radius 3 is 2.88 bits per heavy atom. The standard InChI is InChI=1S/C13H21N3S/c1-16(9-10-3-2-4-10)13-15-8-12(17-13)7-14-11-5-6-11/h8,10-11,14H,2-7,9H2,1H3. The van der Waals surface area contributed by atoms with E-state index < -0.39 is 0 Å². The van der Waals surface area contributed by atoms with Crippen LogP contribution in [-0.4, -0.2) is 24.6 Å². The summed E-state index contributed by atoms with van der Waals surface area (Å²) in [5.74, 6) is 0.914. The summed E-state index contributed by atoms with van der Waals surface area (Å²) in [5, 5.41) is 4.72. The van der Waals surface area contributed by atoms with Gasteiger partial charge in [0.1, 0.15) is 0 Å². The van der Waals surface area contributed by atoms with Crippen LogP contribution in [0.3, 0.4) is 0 Å². The largest absolute Gasteiger partial charge is 0.351 e. The summed E-state index contributed by atoms with van der Waals surface area (Å²) < 4.78 is 0. The summed E-state index contributed by atoms with van der Waals surface area (Å²) in [7, 11) is 2.18. The molecule has 0 amide bonds. The van der Waals surface area contributed by atoms with E-state index in [9.17, 15) is 0 Å². The number of aromatic nitrogens is 1. The van der Waals surface area contributed by atoms with Crippen LogP contribution >= 0.6 is 11.3 Å². The van der Waals surface area contributed by atoms with Crippen molar-refractivity contribution in [1.29, 1.82) is 0 Å². The number of nitrogens with zero attached hydrogens (tertiary/aromatic N) is 2. The van der Waals surface area contributed by atoms with E-state index in [0.29, 0.717) is 0 Å². The summed E-state index contributed by atoms with van der Waals surface area (Å²) in [6.07, 6.45) is 8.98. The van der Waals surface area contributed by atoms with Crippen LogP contribution in [0, 0.1) is 5.92 Å². The lowest BCUT2D eigenvalue weighted by Gasteiger charge is -2.29. The molecule has 0 bridgehead atoms. The first-order valence-corrected chi connectivity index (χ1v) is 7.52. The van der Waals surface area contributed by atoms with Gasteiger partial charge in [-0.05, 0) is 31.6 Å². The molecule has 1 N–H and O–H groups in total. The Labute approximate surface area is 107 Å². The predicted octanol–water partition coefficient (Wildman–Crippen LogP) is 2.63. The van der Waals surface area contributed by atoms with Crippen molar-refractivity contribution in [2.24, 2.45) is 5.92 Å². The lowest BCUT2D eigenvalue weighted by atomic mass is 9.85. The van der Waals surface area contributed by atoms with Gasteiger partial charge in [0.05, 0.1) is 0 Å². The smallest absolute Gasteiger partial charge is 0.185 e. The van der Waals surface area contributed by atoms with E-state index >= 15 is 0 Å². The maximum absolute atomic E-state index is 4.53. The molecular formula is C13H21N3S. The highest BCUT2D eigenvalue weighted by Gasteiger charge is 2.22. The quantitative estimate of drug-likeness (QED) is 0.842. The van der Waals surface area contributed by atoms with Crippen molar-refractivity contribution in [2.45, 2.75) is 44.7 Å². The third-order valence-corrected chi connectivity index (χ3v) is 4.88. The summed E-state index contributed by atoms with van der Waals surface area (Å²) in [5.41, 5.74) is 0. The molecule has 94 valence electrons. The van der Waals surface area contributed by atoms with Gasteiger partial charge in [-0.3, -0.25) is 0 Å². The molecule has 0 aliphatic heterocycles. The normalized spacial score (nSPS) is 20.3. The van der Waals surface area contributed by atoms with Gasteiger partial charge in [0.25, 0.3) is 0 Å². The summed E-state index contributed by atoms with van der Waals surface area (Å²) >= 11 is 1.84. The first-order valence-electron chi connectivity index (χ1n) is 6.70. The van der Waals surface area contributed by atoms with Crippen molar-refractivity contribution in [3.05, 3.63) is 11.1 Å². The average Bonchev–Trinajstić information content (AvgIpc) is 2.98. The van der Waals surface area contributed by atoms with Crippen molar-refractivity contribution >= 4 is 16.5 Å². The van der Waals surface area contributed by atoms with Gasteiger partial charge in [0, 0.05) is 37.3 Å². The lowest BCUT2D eigenvalue weighted by molar-refractivity contribution is 0.321. The predicted molar refractivity (Wildman–Crippen MR) is 72.6 cm³/mol. The molecule has 1 aromatic rings. The monoisotopic (exact) mass is 251 g/mol. The maximum atomic E-state index is 4.53. The lowest BCUT2D eigenvalue weighted by Crippen LogP contribution is -2.29. The molecule has 2 saturated carbocycles. The third kappa shape index (κ3) is 2.99. The maximum Gasteiger partial charge on any atom is 0.185 e. The second-order valence-corrected chi connectivity index (χ2v) is 6.54. The fourth-order valence-corrected chi connectivity index (χ4v) is 3.06. The molecule has 2 aliphatic rings. The first kappa shape index (κ1) is 11.5. The molecule has 17 heavy (non-hydrogen) atoms. The fourth-order valence-electron chi connectivity index (χ4n) is 2.23. The van der Waals surface area contributed by atoms with Crippen molar-refractivity contribution in [3.8, 4) is 0 Å². The zero-order chi connectivity index (χ0) is 11.7. The molecule has 0 spiro atoms. The van der Waals surface area contributed by atoms with E-state index in [1.54, 1.807) is 0 Å². The molecule has 0 saturated heterocycles. The average molecular weight is 251 g/mol. The van der Waals surface area contributed by atoms with Crippen LogP contribution in [-0.2, 0) is 6.54 Å². The minimum atomic E-state index is 0.785. The van der Waals surface area contributed by atoms with Crippen LogP contribution < -0.4 is 10.2 Å². The Hall–Kier alpha value is -0.610. The zero-order valence-corrected chi connectivity index (χ0v) is 11.3. The molecule has 1 aromatic heterocycles. The van der Waals surface area contributed by atoms with Gasteiger partial charge < -0.3 is 10.2 Å². The van der Waals surface area contributed by atoms with Crippen molar-refractivity contribution in [3.63, 3.8) is 0 Å². The molecule has 1 heterocycles. The first-order chi connectivity index (χ1) is 8.31. The number of anilines is 1. The number of nitrogens with one attached hydrogen (secondary N) is 1. The Balaban J connectivity index is 1.50. The minimum absolute atomic E-state index is 0.785. The SMILES string of the molecule is CN(CC1CCC1)c1ncc(CNC2CC2)s1. The van der Waals surface area contributed by atoms with E-state index in [-0.39, 0.29) is 0 Å². The van der Waals surface area contributed by atoms with Gasteiger partial charge in [-0.1, -0.05) is 6.42 Å². The van der Waals surface area contributed by atoms with E-state index in [1.807, 2.05) is 17.5 Å². The Bertz CT molecular complexity index is 368. The Kier molecular flexibility index (Phi) is 3.34. The molecule has 2 aliphatic carbocycles. The van der Waals surface area contributed by atoms with E-state index in [0.717, 1.165) is 18.5 Å². The molecule has 2 fully saturated rings. The number of hydrogen-bond acceptors (Lipinski definition) is 4. The fraction of sp³-hybridized carbons (Fsp3) is 0.769. The molecule has 0 radical (unpaired) electrons. The van der Waals surface area contributed by atoms with Crippen molar-refractivity contribution < 1.29 is 0 Å². The van der Waals surface area contributed by atoms with Crippen LogP contribution in [0.2, 0.25) is 0 Å². The van der Waals surface area contributed by atoms with Crippen LogP contribution in [0.4, 0.5) is 5.13 Å². The van der Waals surface area contributed by atoms with Gasteiger partial charge in [-0.25, -0.2) is 4.98 Å². The van der Waals surface area contributed by atoms with E-state index in [4.69, 9.17) is 0 Å². The molecular weight excluding hydrogens is 230 g/mol. The van der Waals surface area contributed by atoms with Crippen LogP contribution in [0.25, 0.3) is 0 Å². The highest BCUT2D eigenvalue weighted by molar-refractivity contribution is 7.15. The second-order valence-electron chi connectivity index (χ2n) is 5.44. The molecule has 0 atom stereocenters.